The number of para-hydroxylation sites is 1. The third-order valence-electron chi connectivity index (χ3n) is 4.51. The summed E-state index contributed by atoms with van der Waals surface area (Å²) in [6, 6.07) is 12.8. The predicted octanol–water partition coefficient (Wildman–Crippen LogP) is 4.65. The van der Waals surface area contributed by atoms with Crippen molar-refractivity contribution in [2.45, 2.75) is 26.4 Å². The van der Waals surface area contributed by atoms with Gasteiger partial charge in [0.25, 0.3) is 0 Å². The molecule has 1 aliphatic heterocycles. The molecule has 0 radical (unpaired) electrons. The first-order chi connectivity index (χ1) is 12.5. The van der Waals surface area contributed by atoms with E-state index in [2.05, 4.69) is 0 Å². The van der Waals surface area contributed by atoms with Gasteiger partial charge in [-0.3, -0.25) is 9.59 Å². The van der Waals surface area contributed by atoms with Gasteiger partial charge in [-0.25, -0.2) is 0 Å². The molecule has 0 saturated carbocycles. The number of hydrogen-bond donors (Lipinski definition) is 0. The van der Waals surface area contributed by atoms with Gasteiger partial charge in [0.2, 0.25) is 5.91 Å². The minimum Gasteiger partial charge on any atom is -0.460 e. The lowest BCUT2D eigenvalue weighted by Crippen LogP contribution is -2.27. The molecule has 2 aromatic rings. The number of carbonyl (C=O) groups excluding carboxylic acids is 2. The standard InChI is InChI=1S/C20H19Cl2NO3/c1-2-13-5-3-4-6-18(13)23-11-15(9-19(23)24)20(25)26-12-14-7-8-16(21)10-17(14)22/h3-8,10,15H,2,9,11-12H2,1H3/t15-/m1/s1. The highest BCUT2D eigenvalue weighted by Crippen LogP contribution is 2.29. The molecular formula is C20H19Cl2NO3. The van der Waals surface area contributed by atoms with Crippen LogP contribution in [0.3, 0.4) is 0 Å². The highest BCUT2D eigenvalue weighted by molar-refractivity contribution is 6.35. The first-order valence-electron chi connectivity index (χ1n) is 8.48. The monoisotopic (exact) mass is 391 g/mol. The zero-order chi connectivity index (χ0) is 18.7. The van der Waals surface area contributed by atoms with E-state index in [1.54, 1.807) is 23.1 Å². The molecule has 1 aliphatic rings. The van der Waals surface area contributed by atoms with Gasteiger partial charge in [0.1, 0.15) is 6.61 Å². The summed E-state index contributed by atoms with van der Waals surface area (Å²) in [5.41, 5.74) is 2.64. The molecule has 4 nitrogen and oxygen atoms in total. The van der Waals surface area contributed by atoms with Crippen LogP contribution in [0.15, 0.2) is 42.5 Å². The van der Waals surface area contributed by atoms with Gasteiger partial charge < -0.3 is 9.64 Å². The summed E-state index contributed by atoms with van der Waals surface area (Å²) in [5, 5.41) is 0.975. The molecule has 1 heterocycles. The Morgan fingerprint density at radius 3 is 2.69 bits per heavy atom. The van der Waals surface area contributed by atoms with Crippen LogP contribution in [0.5, 0.6) is 0 Å². The van der Waals surface area contributed by atoms with E-state index < -0.39 is 5.92 Å². The lowest BCUT2D eigenvalue weighted by atomic mass is 10.1. The molecular weight excluding hydrogens is 373 g/mol. The van der Waals surface area contributed by atoms with Crippen LogP contribution in [0, 0.1) is 5.92 Å². The van der Waals surface area contributed by atoms with E-state index in [0.717, 1.165) is 17.7 Å². The van der Waals surface area contributed by atoms with Crippen LogP contribution in [0.25, 0.3) is 0 Å². The molecule has 26 heavy (non-hydrogen) atoms. The van der Waals surface area contributed by atoms with Crippen molar-refractivity contribution in [3.05, 3.63) is 63.6 Å². The van der Waals surface area contributed by atoms with Crippen molar-refractivity contribution in [2.75, 3.05) is 11.4 Å². The predicted molar refractivity (Wildman–Crippen MR) is 103 cm³/mol. The lowest BCUT2D eigenvalue weighted by molar-refractivity contribution is -0.149. The van der Waals surface area contributed by atoms with Crippen molar-refractivity contribution in [2.24, 2.45) is 5.92 Å². The minimum absolute atomic E-state index is 0.0580. The Morgan fingerprint density at radius 1 is 1.19 bits per heavy atom. The van der Waals surface area contributed by atoms with Crippen molar-refractivity contribution >= 4 is 40.8 Å². The quantitative estimate of drug-likeness (QED) is 0.696. The van der Waals surface area contributed by atoms with Gasteiger partial charge in [-0.1, -0.05) is 54.4 Å². The molecule has 0 N–H and O–H groups in total. The van der Waals surface area contributed by atoms with Gasteiger partial charge in [-0.05, 0) is 30.2 Å². The van der Waals surface area contributed by atoms with E-state index in [9.17, 15) is 9.59 Å². The average molecular weight is 392 g/mol. The number of anilines is 1. The summed E-state index contributed by atoms with van der Waals surface area (Å²) in [4.78, 5) is 26.5. The summed E-state index contributed by atoms with van der Waals surface area (Å²) in [6.07, 6.45) is 0.982. The number of carbonyl (C=O) groups is 2. The molecule has 1 fully saturated rings. The lowest BCUT2D eigenvalue weighted by Gasteiger charge is -2.19. The number of halogens is 2. The van der Waals surface area contributed by atoms with Crippen LogP contribution < -0.4 is 4.90 Å². The molecule has 1 atom stereocenters. The van der Waals surface area contributed by atoms with E-state index in [1.165, 1.54) is 0 Å². The van der Waals surface area contributed by atoms with Crippen molar-refractivity contribution in [3.63, 3.8) is 0 Å². The number of esters is 1. The fourth-order valence-corrected chi connectivity index (χ4v) is 3.54. The Bertz CT molecular complexity index is 838. The van der Waals surface area contributed by atoms with Crippen molar-refractivity contribution in [3.8, 4) is 0 Å². The number of rotatable bonds is 5. The van der Waals surface area contributed by atoms with E-state index in [4.69, 9.17) is 27.9 Å². The smallest absolute Gasteiger partial charge is 0.311 e. The summed E-state index contributed by atoms with van der Waals surface area (Å²) in [6.45, 7) is 2.44. The minimum atomic E-state index is -0.474. The van der Waals surface area contributed by atoms with Crippen LogP contribution in [0.2, 0.25) is 10.0 Å². The fourth-order valence-electron chi connectivity index (χ4n) is 3.08. The topological polar surface area (TPSA) is 46.6 Å². The number of benzene rings is 2. The molecule has 0 unspecified atom stereocenters. The molecule has 3 rings (SSSR count). The van der Waals surface area contributed by atoms with Crippen molar-refractivity contribution in [1.82, 2.24) is 0 Å². The van der Waals surface area contributed by atoms with E-state index in [0.29, 0.717) is 22.2 Å². The maximum atomic E-state index is 12.4. The Hall–Kier alpha value is -2.04. The SMILES string of the molecule is CCc1ccccc1N1C[C@H](C(=O)OCc2ccc(Cl)cc2Cl)CC1=O. The summed E-state index contributed by atoms with van der Waals surface area (Å²) in [5.74, 6) is -0.920. The average Bonchev–Trinajstić information content (AvgIpc) is 3.02. The second kappa shape index (κ2) is 8.11. The van der Waals surface area contributed by atoms with Gasteiger partial charge in [0, 0.05) is 34.3 Å². The normalized spacial score (nSPS) is 16.8. The molecule has 6 heteroatoms. The van der Waals surface area contributed by atoms with Gasteiger partial charge in [0.15, 0.2) is 0 Å². The van der Waals surface area contributed by atoms with E-state index in [-0.39, 0.29) is 24.9 Å². The molecule has 0 spiro atoms. The van der Waals surface area contributed by atoms with Crippen LogP contribution in [0.1, 0.15) is 24.5 Å². The Balaban J connectivity index is 1.65. The number of amides is 1. The highest BCUT2D eigenvalue weighted by Gasteiger charge is 2.36. The zero-order valence-corrected chi connectivity index (χ0v) is 15.9. The summed E-state index contributed by atoms with van der Waals surface area (Å²) >= 11 is 12.0. The largest absolute Gasteiger partial charge is 0.460 e. The van der Waals surface area contributed by atoms with Gasteiger partial charge >= 0.3 is 5.97 Å². The molecule has 0 aliphatic carbocycles. The number of aryl methyl sites for hydroxylation is 1. The van der Waals surface area contributed by atoms with Crippen LogP contribution >= 0.6 is 23.2 Å². The third-order valence-corrected chi connectivity index (χ3v) is 5.09. The molecule has 0 aromatic heterocycles. The van der Waals surface area contributed by atoms with E-state index in [1.807, 2.05) is 31.2 Å². The maximum absolute atomic E-state index is 12.4. The van der Waals surface area contributed by atoms with Gasteiger partial charge in [-0.2, -0.15) is 0 Å². The number of nitrogens with zero attached hydrogens (tertiary/aromatic N) is 1. The second-order valence-electron chi connectivity index (χ2n) is 6.23. The van der Waals surface area contributed by atoms with Crippen molar-refractivity contribution in [1.29, 1.82) is 0 Å². The maximum Gasteiger partial charge on any atom is 0.311 e. The first-order valence-corrected chi connectivity index (χ1v) is 9.24. The van der Waals surface area contributed by atoms with E-state index >= 15 is 0 Å². The van der Waals surface area contributed by atoms with Gasteiger partial charge in [0.05, 0.1) is 5.92 Å². The summed E-state index contributed by atoms with van der Waals surface area (Å²) in [7, 11) is 0. The van der Waals surface area contributed by atoms with Crippen LogP contribution in [0.4, 0.5) is 5.69 Å². The third kappa shape index (κ3) is 4.02. The fraction of sp³-hybridized carbons (Fsp3) is 0.300. The molecule has 1 saturated heterocycles. The molecule has 136 valence electrons. The number of ether oxygens (including phenoxy) is 1. The first kappa shape index (κ1) is 18.7. The molecule has 0 bridgehead atoms. The van der Waals surface area contributed by atoms with Crippen LogP contribution in [-0.4, -0.2) is 18.4 Å². The Morgan fingerprint density at radius 2 is 1.96 bits per heavy atom. The zero-order valence-electron chi connectivity index (χ0n) is 14.4. The Labute approximate surface area is 162 Å². The molecule has 2 aromatic carbocycles. The Kier molecular flexibility index (Phi) is 5.84. The second-order valence-corrected chi connectivity index (χ2v) is 7.07. The summed E-state index contributed by atoms with van der Waals surface area (Å²) < 4.78 is 5.38. The van der Waals surface area contributed by atoms with Crippen molar-refractivity contribution < 1.29 is 14.3 Å². The molecule has 1 amide bonds. The number of hydrogen-bond acceptors (Lipinski definition) is 3. The van der Waals surface area contributed by atoms with Crippen LogP contribution in [-0.2, 0) is 27.4 Å². The van der Waals surface area contributed by atoms with Gasteiger partial charge in [-0.15, -0.1) is 0 Å². The highest BCUT2D eigenvalue weighted by atomic mass is 35.5.